The molecule has 1 aliphatic heterocycles. The lowest BCUT2D eigenvalue weighted by atomic mass is 10.2. The van der Waals surface area contributed by atoms with E-state index in [1.54, 1.807) is 18.5 Å². The number of halogens is 1. The lowest BCUT2D eigenvalue weighted by Crippen LogP contribution is -2.46. The molecular formula is C24H23ClN6O. The molecule has 1 N–H and O–H groups in total. The van der Waals surface area contributed by atoms with E-state index in [9.17, 15) is 4.79 Å². The first-order valence-corrected chi connectivity index (χ1v) is 11.0. The number of aromatic nitrogens is 3. The molecule has 1 fully saturated rings. The summed E-state index contributed by atoms with van der Waals surface area (Å²) in [6, 6.07) is 17.9. The van der Waals surface area contributed by atoms with E-state index in [1.165, 1.54) is 5.69 Å². The molecular weight excluding hydrogens is 424 g/mol. The van der Waals surface area contributed by atoms with Gasteiger partial charge in [0.15, 0.2) is 0 Å². The predicted molar refractivity (Wildman–Crippen MR) is 128 cm³/mol. The molecule has 3 aromatic heterocycles. The van der Waals surface area contributed by atoms with Gasteiger partial charge >= 0.3 is 0 Å². The van der Waals surface area contributed by atoms with Gasteiger partial charge in [0.05, 0.1) is 29.0 Å². The van der Waals surface area contributed by atoms with E-state index < -0.39 is 0 Å². The third-order valence-electron chi connectivity index (χ3n) is 5.56. The number of fused-ring (bicyclic) bond motifs is 1. The van der Waals surface area contributed by atoms with Crippen LogP contribution in [0.25, 0.3) is 5.65 Å². The highest BCUT2D eigenvalue weighted by Crippen LogP contribution is 2.20. The summed E-state index contributed by atoms with van der Waals surface area (Å²) in [5.41, 5.74) is 3.38. The third kappa shape index (κ3) is 4.53. The fraction of sp³-hybridized carbons (Fsp3) is 0.208. The number of amides is 1. The Morgan fingerprint density at radius 1 is 0.938 bits per heavy atom. The number of pyridine rings is 2. The Labute approximate surface area is 191 Å². The van der Waals surface area contributed by atoms with Crippen LogP contribution in [0.1, 0.15) is 5.69 Å². The molecule has 1 aromatic carbocycles. The fourth-order valence-electron chi connectivity index (χ4n) is 3.95. The smallest absolute Gasteiger partial charge is 0.230 e. The molecule has 4 aromatic rings. The minimum atomic E-state index is -0.134. The summed E-state index contributed by atoms with van der Waals surface area (Å²) in [6.07, 6.45) is 5.48. The number of benzene rings is 1. The normalized spacial score (nSPS) is 14.0. The van der Waals surface area contributed by atoms with Gasteiger partial charge in [-0.25, -0.2) is 9.97 Å². The molecule has 8 heteroatoms. The van der Waals surface area contributed by atoms with Crippen molar-refractivity contribution >= 4 is 40.3 Å². The van der Waals surface area contributed by atoms with Crippen molar-refractivity contribution in [3.8, 4) is 0 Å². The maximum atomic E-state index is 12.5. The summed E-state index contributed by atoms with van der Waals surface area (Å²) in [4.78, 5) is 26.1. The van der Waals surface area contributed by atoms with Gasteiger partial charge in [-0.15, -0.1) is 0 Å². The van der Waals surface area contributed by atoms with Crippen molar-refractivity contribution in [1.29, 1.82) is 0 Å². The number of nitrogens with zero attached hydrogens (tertiary/aromatic N) is 5. The third-order valence-corrected chi connectivity index (χ3v) is 5.79. The monoisotopic (exact) mass is 446 g/mol. The largest absolute Gasteiger partial charge is 0.368 e. The molecule has 32 heavy (non-hydrogen) atoms. The maximum Gasteiger partial charge on any atom is 0.230 e. The second-order valence-corrected chi connectivity index (χ2v) is 8.22. The fourth-order valence-corrected chi connectivity index (χ4v) is 4.12. The van der Waals surface area contributed by atoms with Crippen molar-refractivity contribution in [2.45, 2.75) is 6.42 Å². The number of imidazole rings is 1. The van der Waals surface area contributed by atoms with Crippen LogP contribution in [-0.2, 0) is 11.2 Å². The van der Waals surface area contributed by atoms with E-state index in [0.29, 0.717) is 16.4 Å². The van der Waals surface area contributed by atoms with Crippen LogP contribution in [-0.4, -0.2) is 46.5 Å². The summed E-state index contributed by atoms with van der Waals surface area (Å²) in [5, 5.41) is 3.52. The van der Waals surface area contributed by atoms with Gasteiger partial charge in [0.1, 0.15) is 11.5 Å². The molecule has 5 rings (SSSR count). The van der Waals surface area contributed by atoms with E-state index in [2.05, 4.69) is 49.4 Å². The second kappa shape index (κ2) is 8.88. The molecule has 1 amide bonds. The second-order valence-electron chi connectivity index (χ2n) is 7.78. The molecule has 4 heterocycles. The van der Waals surface area contributed by atoms with Gasteiger partial charge in [0, 0.05) is 44.3 Å². The van der Waals surface area contributed by atoms with Gasteiger partial charge in [-0.2, -0.15) is 0 Å². The summed E-state index contributed by atoms with van der Waals surface area (Å²) in [5.74, 6) is 0.790. The van der Waals surface area contributed by atoms with Gasteiger partial charge in [-0.1, -0.05) is 29.8 Å². The van der Waals surface area contributed by atoms with Crippen LogP contribution in [0.5, 0.6) is 0 Å². The SMILES string of the molecule is O=C(Cc1cn2cc(Cl)ccc2n1)Nc1ccc(N2CCN(c3ccccc3)CC2)nc1. The zero-order valence-electron chi connectivity index (χ0n) is 17.5. The number of carbonyl (C=O) groups excluding carboxylic acids is 1. The van der Waals surface area contributed by atoms with Crippen LogP contribution in [0.3, 0.4) is 0 Å². The lowest BCUT2D eigenvalue weighted by Gasteiger charge is -2.36. The Balaban J connectivity index is 1.16. The first kappa shape index (κ1) is 20.3. The van der Waals surface area contributed by atoms with E-state index >= 15 is 0 Å². The van der Waals surface area contributed by atoms with Crippen molar-refractivity contribution in [3.05, 3.63) is 83.9 Å². The number of rotatable bonds is 5. The molecule has 0 aliphatic carbocycles. The van der Waals surface area contributed by atoms with E-state index in [-0.39, 0.29) is 12.3 Å². The van der Waals surface area contributed by atoms with Crippen LogP contribution < -0.4 is 15.1 Å². The van der Waals surface area contributed by atoms with Crippen LogP contribution in [0, 0.1) is 0 Å². The minimum Gasteiger partial charge on any atom is -0.368 e. The molecule has 1 saturated heterocycles. The van der Waals surface area contributed by atoms with Crippen molar-refractivity contribution < 1.29 is 4.79 Å². The van der Waals surface area contributed by atoms with Crippen molar-refractivity contribution in [3.63, 3.8) is 0 Å². The number of carbonyl (C=O) groups is 1. The zero-order chi connectivity index (χ0) is 21.9. The average molecular weight is 447 g/mol. The van der Waals surface area contributed by atoms with Gasteiger partial charge in [-0.3, -0.25) is 4.79 Å². The molecule has 0 radical (unpaired) electrons. The first-order chi connectivity index (χ1) is 15.6. The van der Waals surface area contributed by atoms with Gasteiger partial charge in [-0.05, 0) is 36.4 Å². The molecule has 0 unspecified atom stereocenters. The van der Waals surface area contributed by atoms with Crippen LogP contribution >= 0.6 is 11.6 Å². The van der Waals surface area contributed by atoms with E-state index in [1.807, 2.05) is 34.9 Å². The summed E-state index contributed by atoms with van der Waals surface area (Å²) in [6.45, 7) is 3.72. The Morgan fingerprint density at radius 2 is 1.72 bits per heavy atom. The highest BCUT2D eigenvalue weighted by molar-refractivity contribution is 6.30. The van der Waals surface area contributed by atoms with Gasteiger partial charge in [0.2, 0.25) is 5.91 Å². The molecule has 1 aliphatic rings. The first-order valence-electron chi connectivity index (χ1n) is 10.6. The molecule has 0 saturated carbocycles. The number of para-hydroxylation sites is 1. The lowest BCUT2D eigenvalue weighted by molar-refractivity contribution is -0.115. The quantitative estimate of drug-likeness (QED) is 0.503. The highest BCUT2D eigenvalue weighted by Gasteiger charge is 2.18. The molecule has 7 nitrogen and oxygen atoms in total. The van der Waals surface area contributed by atoms with E-state index in [0.717, 1.165) is 37.6 Å². The maximum absolute atomic E-state index is 12.5. The van der Waals surface area contributed by atoms with Crippen molar-refractivity contribution in [1.82, 2.24) is 14.4 Å². The van der Waals surface area contributed by atoms with Crippen LogP contribution in [0.4, 0.5) is 17.2 Å². The predicted octanol–water partition coefficient (Wildman–Crippen LogP) is 3.89. The van der Waals surface area contributed by atoms with Crippen LogP contribution in [0.15, 0.2) is 73.2 Å². The van der Waals surface area contributed by atoms with Crippen molar-refractivity contribution in [2.24, 2.45) is 0 Å². The Bertz CT molecular complexity index is 1220. The van der Waals surface area contributed by atoms with Crippen LogP contribution in [0.2, 0.25) is 5.02 Å². The number of hydrogen-bond acceptors (Lipinski definition) is 5. The number of anilines is 3. The zero-order valence-corrected chi connectivity index (χ0v) is 18.2. The number of piperazine rings is 1. The molecule has 0 bridgehead atoms. The number of nitrogens with one attached hydrogen (secondary N) is 1. The van der Waals surface area contributed by atoms with Gasteiger partial charge < -0.3 is 19.5 Å². The standard InChI is InChI=1S/C24H23ClN6O/c25-18-6-8-23-27-20(17-31(23)16-18)14-24(32)28-19-7-9-22(26-15-19)30-12-10-29(11-13-30)21-4-2-1-3-5-21/h1-9,15-17H,10-14H2,(H,28,32). The Morgan fingerprint density at radius 3 is 2.47 bits per heavy atom. The van der Waals surface area contributed by atoms with E-state index in [4.69, 9.17) is 11.6 Å². The molecule has 162 valence electrons. The average Bonchev–Trinajstić information content (AvgIpc) is 3.21. The number of hydrogen-bond donors (Lipinski definition) is 1. The Hall–Kier alpha value is -3.58. The summed E-state index contributed by atoms with van der Waals surface area (Å²) >= 11 is 6.00. The highest BCUT2D eigenvalue weighted by atomic mass is 35.5. The van der Waals surface area contributed by atoms with Crippen molar-refractivity contribution in [2.75, 3.05) is 41.3 Å². The molecule has 0 atom stereocenters. The topological polar surface area (TPSA) is 65.8 Å². The van der Waals surface area contributed by atoms with Gasteiger partial charge in [0.25, 0.3) is 0 Å². The summed E-state index contributed by atoms with van der Waals surface area (Å²) < 4.78 is 1.82. The Kier molecular flexibility index (Phi) is 5.64. The summed E-state index contributed by atoms with van der Waals surface area (Å²) in [7, 11) is 0. The molecule has 0 spiro atoms. The minimum absolute atomic E-state index is 0.134.